The predicted molar refractivity (Wildman–Crippen MR) is 109 cm³/mol. The van der Waals surface area contributed by atoms with E-state index < -0.39 is 11.7 Å². The van der Waals surface area contributed by atoms with Crippen LogP contribution in [0.4, 0.5) is 14.5 Å². The molecule has 1 atom stereocenters. The van der Waals surface area contributed by atoms with E-state index in [9.17, 15) is 18.4 Å². The van der Waals surface area contributed by atoms with Crippen LogP contribution in [0.2, 0.25) is 0 Å². The molecule has 1 heterocycles. The van der Waals surface area contributed by atoms with Crippen LogP contribution in [0.3, 0.4) is 0 Å². The summed E-state index contributed by atoms with van der Waals surface area (Å²) in [6, 6.07) is 11.1. The molecular formula is C22H22F2N4O2. The van der Waals surface area contributed by atoms with Crippen molar-refractivity contribution in [3.8, 4) is 0 Å². The van der Waals surface area contributed by atoms with Crippen LogP contribution in [0.1, 0.15) is 35.3 Å². The van der Waals surface area contributed by atoms with Crippen molar-refractivity contribution in [1.29, 1.82) is 0 Å². The molecule has 0 aliphatic rings. The van der Waals surface area contributed by atoms with Crippen molar-refractivity contribution < 1.29 is 18.4 Å². The maximum atomic E-state index is 13.2. The number of hydrogen-bond acceptors (Lipinski definition) is 3. The van der Waals surface area contributed by atoms with Gasteiger partial charge in [-0.1, -0.05) is 19.1 Å². The van der Waals surface area contributed by atoms with Gasteiger partial charge in [-0.2, -0.15) is 5.10 Å². The van der Waals surface area contributed by atoms with E-state index in [2.05, 4.69) is 10.4 Å². The minimum Gasteiger partial charge on any atom is -0.337 e. The van der Waals surface area contributed by atoms with E-state index in [4.69, 9.17) is 0 Å². The van der Waals surface area contributed by atoms with Crippen molar-refractivity contribution in [2.75, 3.05) is 12.4 Å². The number of rotatable bonds is 7. The molecule has 0 radical (unpaired) electrons. The van der Waals surface area contributed by atoms with Gasteiger partial charge in [0.2, 0.25) is 5.91 Å². The summed E-state index contributed by atoms with van der Waals surface area (Å²) in [6.45, 7) is 1.94. The van der Waals surface area contributed by atoms with Gasteiger partial charge in [-0.05, 0) is 48.4 Å². The van der Waals surface area contributed by atoms with E-state index in [0.29, 0.717) is 17.7 Å². The van der Waals surface area contributed by atoms with Gasteiger partial charge in [0, 0.05) is 18.8 Å². The van der Waals surface area contributed by atoms with Crippen LogP contribution in [0.15, 0.2) is 60.9 Å². The number of benzene rings is 2. The van der Waals surface area contributed by atoms with E-state index in [1.54, 1.807) is 30.3 Å². The highest BCUT2D eigenvalue weighted by Crippen LogP contribution is 2.23. The number of nitrogens with zero attached hydrogens (tertiary/aromatic N) is 3. The molecule has 0 saturated heterocycles. The zero-order valence-corrected chi connectivity index (χ0v) is 16.7. The number of carbonyl (C=O) groups is 2. The van der Waals surface area contributed by atoms with Gasteiger partial charge in [0.05, 0.1) is 17.9 Å². The zero-order chi connectivity index (χ0) is 21.7. The third-order valence-electron chi connectivity index (χ3n) is 4.80. The normalized spacial score (nSPS) is 11.7. The van der Waals surface area contributed by atoms with Crippen LogP contribution in [-0.4, -0.2) is 33.5 Å². The Morgan fingerprint density at radius 1 is 1.07 bits per heavy atom. The van der Waals surface area contributed by atoms with E-state index in [0.717, 1.165) is 5.56 Å². The molecule has 2 aromatic carbocycles. The van der Waals surface area contributed by atoms with Crippen LogP contribution in [-0.2, 0) is 11.3 Å². The Morgan fingerprint density at radius 3 is 2.27 bits per heavy atom. The summed E-state index contributed by atoms with van der Waals surface area (Å²) in [4.78, 5) is 26.5. The Balaban J connectivity index is 1.62. The molecule has 6 nitrogen and oxygen atoms in total. The van der Waals surface area contributed by atoms with Crippen LogP contribution >= 0.6 is 0 Å². The summed E-state index contributed by atoms with van der Waals surface area (Å²) in [6.07, 6.45) is 3.66. The topological polar surface area (TPSA) is 67.2 Å². The quantitative estimate of drug-likeness (QED) is 0.637. The lowest BCUT2D eigenvalue weighted by atomic mass is 10.0. The van der Waals surface area contributed by atoms with Crippen LogP contribution < -0.4 is 5.32 Å². The Kier molecular flexibility index (Phi) is 6.56. The van der Waals surface area contributed by atoms with Gasteiger partial charge in [0.15, 0.2) is 0 Å². The Labute approximate surface area is 173 Å². The number of anilines is 1. The highest BCUT2D eigenvalue weighted by molar-refractivity contribution is 6.04. The molecule has 3 rings (SSSR count). The Morgan fingerprint density at radius 2 is 1.67 bits per heavy atom. The van der Waals surface area contributed by atoms with E-state index in [-0.39, 0.29) is 24.3 Å². The monoisotopic (exact) mass is 412 g/mol. The van der Waals surface area contributed by atoms with Crippen LogP contribution in [0.25, 0.3) is 0 Å². The van der Waals surface area contributed by atoms with E-state index in [1.807, 2.05) is 6.92 Å². The first-order valence-corrected chi connectivity index (χ1v) is 9.48. The van der Waals surface area contributed by atoms with Gasteiger partial charge in [0.1, 0.15) is 18.2 Å². The minimum atomic E-state index is -0.423. The second kappa shape index (κ2) is 9.30. The van der Waals surface area contributed by atoms with Crippen molar-refractivity contribution in [2.24, 2.45) is 0 Å². The first kappa shape index (κ1) is 21.2. The van der Waals surface area contributed by atoms with Crippen molar-refractivity contribution >= 4 is 17.5 Å². The van der Waals surface area contributed by atoms with Gasteiger partial charge in [-0.15, -0.1) is 0 Å². The summed E-state index contributed by atoms with van der Waals surface area (Å²) < 4.78 is 27.6. The van der Waals surface area contributed by atoms with Crippen molar-refractivity contribution in [2.45, 2.75) is 25.9 Å². The van der Waals surface area contributed by atoms with Gasteiger partial charge in [0.25, 0.3) is 5.91 Å². The van der Waals surface area contributed by atoms with Gasteiger partial charge < -0.3 is 10.2 Å². The van der Waals surface area contributed by atoms with E-state index in [1.165, 1.54) is 47.3 Å². The average Bonchev–Trinajstić information content (AvgIpc) is 3.16. The molecule has 0 fully saturated rings. The van der Waals surface area contributed by atoms with Crippen LogP contribution in [0.5, 0.6) is 0 Å². The summed E-state index contributed by atoms with van der Waals surface area (Å²) in [5.41, 5.74) is 1.58. The second-order valence-electron chi connectivity index (χ2n) is 6.87. The SMILES string of the molecule is CCC(c1ccc(F)cc1)N(C)C(=O)Cn1cc(NC(=O)c2ccc(F)cc2)cn1. The Hall–Kier alpha value is -3.55. The highest BCUT2D eigenvalue weighted by Gasteiger charge is 2.21. The molecule has 2 amide bonds. The summed E-state index contributed by atoms with van der Waals surface area (Å²) >= 11 is 0. The van der Waals surface area contributed by atoms with Gasteiger partial charge in [-0.3, -0.25) is 14.3 Å². The number of nitrogens with one attached hydrogen (secondary N) is 1. The molecule has 0 spiro atoms. The second-order valence-corrected chi connectivity index (χ2v) is 6.87. The average molecular weight is 412 g/mol. The predicted octanol–water partition coefficient (Wildman–Crippen LogP) is 4.02. The number of aromatic nitrogens is 2. The lowest BCUT2D eigenvalue weighted by molar-refractivity contribution is -0.133. The molecule has 30 heavy (non-hydrogen) atoms. The molecule has 1 unspecified atom stereocenters. The summed E-state index contributed by atoms with van der Waals surface area (Å²) in [5, 5.41) is 6.77. The standard InChI is InChI=1S/C22H22F2N4O2/c1-3-20(15-4-8-17(23)9-5-15)27(2)21(29)14-28-13-19(12-25-28)26-22(30)16-6-10-18(24)11-7-16/h4-13,20H,3,14H2,1-2H3,(H,26,30). The summed E-state index contributed by atoms with van der Waals surface area (Å²) in [7, 11) is 1.70. The molecule has 0 aliphatic carbocycles. The lowest BCUT2D eigenvalue weighted by Crippen LogP contribution is -2.33. The maximum absolute atomic E-state index is 13.2. The number of carbonyl (C=O) groups excluding carboxylic acids is 2. The maximum Gasteiger partial charge on any atom is 0.255 e. The van der Waals surface area contributed by atoms with Crippen molar-refractivity contribution in [3.63, 3.8) is 0 Å². The lowest BCUT2D eigenvalue weighted by Gasteiger charge is -2.27. The number of halogens is 2. The molecule has 0 bridgehead atoms. The number of likely N-dealkylation sites (N-methyl/N-ethyl adjacent to an activating group) is 1. The third kappa shape index (κ3) is 5.08. The zero-order valence-electron chi connectivity index (χ0n) is 16.7. The van der Waals surface area contributed by atoms with Crippen LogP contribution in [0, 0.1) is 11.6 Å². The minimum absolute atomic E-state index is 0.0133. The molecular weight excluding hydrogens is 390 g/mol. The Bertz CT molecular complexity index is 1020. The molecule has 8 heteroatoms. The molecule has 1 aromatic heterocycles. The third-order valence-corrected chi connectivity index (χ3v) is 4.80. The van der Waals surface area contributed by atoms with Gasteiger partial charge >= 0.3 is 0 Å². The van der Waals surface area contributed by atoms with Crippen molar-refractivity contribution in [1.82, 2.24) is 14.7 Å². The fourth-order valence-corrected chi connectivity index (χ4v) is 3.16. The highest BCUT2D eigenvalue weighted by atomic mass is 19.1. The first-order chi connectivity index (χ1) is 14.4. The molecule has 0 aliphatic heterocycles. The fraction of sp³-hybridized carbons (Fsp3) is 0.227. The molecule has 1 N–H and O–H groups in total. The first-order valence-electron chi connectivity index (χ1n) is 9.48. The largest absolute Gasteiger partial charge is 0.337 e. The smallest absolute Gasteiger partial charge is 0.255 e. The fourth-order valence-electron chi connectivity index (χ4n) is 3.16. The van der Waals surface area contributed by atoms with E-state index >= 15 is 0 Å². The van der Waals surface area contributed by atoms with Crippen molar-refractivity contribution in [3.05, 3.63) is 83.7 Å². The molecule has 3 aromatic rings. The number of hydrogen-bond donors (Lipinski definition) is 1. The summed E-state index contributed by atoms with van der Waals surface area (Å²) in [5.74, 6) is -1.33. The number of amides is 2. The molecule has 156 valence electrons. The van der Waals surface area contributed by atoms with Gasteiger partial charge in [-0.25, -0.2) is 8.78 Å². The molecule has 0 saturated carbocycles.